The third-order valence-electron chi connectivity index (χ3n) is 5.33. The van der Waals surface area contributed by atoms with E-state index in [9.17, 15) is 4.79 Å². The maximum absolute atomic E-state index is 12.6. The fourth-order valence-electron chi connectivity index (χ4n) is 3.98. The Hall–Kier alpha value is -2.59. The molecule has 0 bridgehead atoms. The summed E-state index contributed by atoms with van der Waals surface area (Å²) < 4.78 is 0. The van der Waals surface area contributed by atoms with Crippen molar-refractivity contribution in [1.29, 1.82) is 0 Å². The third kappa shape index (κ3) is 3.13. The molecule has 1 heterocycles. The summed E-state index contributed by atoms with van der Waals surface area (Å²) in [5.74, 6) is -0.0580. The average molecular weight is 347 g/mol. The molecule has 0 spiro atoms. The lowest BCUT2D eigenvalue weighted by atomic mass is 9.91. The highest BCUT2D eigenvalue weighted by Crippen LogP contribution is 2.31. The number of H-pyrrole nitrogens is 1. The molecule has 4 nitrogen and oxygen atoms in total. The van der Waals surface area contributed by atoms with Crippen molar-refractivity contribution in [3.8, 4) is 0 Å². The monoisotopic (exact) mass is 347 g/mol. The molecule has 0 saturated heterocycles. The molecule has 26 heavy (non-hydrogen) atoms. The average Bonchev–Trinajstić information content (AvgIpc) is 3.00. The SMILES string of the molecule is CCNC1CCc2[nH]c3ccc(NC(=O)c4ccccc4C)cc3c2C1. The zero-order valence-electron chi connectivity index (χ0n) is 15.4. The lowest BCUT2D eigenvalue weighted by Crippen LogP contribution is -2.34. The van der Waals surface area contributed by atoms with E-state index in [0.717, 1.165) is 41.7 Å². The van der Waals surface area contributed by atoms with Gasteiger partial charge in [0.25, 0.3) is 5.91 Å². The Kier molecular flexibility index (Phi) is 4.51. The highest BCUT2D eigenvalue weighted by Gasteiger charge is 2.22. The van der Waals surface area contributed by atoms with Gasteiger partial charge in [-0.2, -0.15) is 0 Å². The second kappa shape index (κ2) is 6.96. The number of fused-ring (bicyclic) bond motifs is 3. The van der Waals surface area contributed by atoms with Crippen LogP contribution in [0.15, 0.2) is 42.5 Å². The molecule has 0 fully saturated rings. The van der Waals surface area contributed by atoms with Crippen LogP contribution >= 0.6 is 0 Å². The molecule has 1 aliphatic rings. The first kappa shape index (κ1) is 16.9. The molecule has 2 aromatic carbocycles. The molecule has 0 radical (unpaired) electrons. The van der Waals surface area contributed by atoms with E-state index in [2.05, 4.69) is 34.7 Å². The van der Waals surface area contributed by atoms with E-state index in [1.165, 1.54) is 23.1 Å². The molecule has 1 aromatic heterocycles. The Morgan fingerprint density at radius 2 is 2.08 bits per heavy atom. The summed E-state index contributed by atoms with van der Waals surface area (Å²) in [7, 11) is 0. The maximum atomic E-state index is 12.6. The Bertz CT molecular complexity index is 957. The van der Waals surface area contributed by atoms with Crippen molar-refractivity contribution < 1.29 is 4.79 Å². The first-order chi connectivity index (χ1) is 12.7. The van der Waals surface area contributed by atoms with Crippen LogP contribution in [0.3, 0.4) is 0 Å². The van der Waals surface area contributed by atoms with E-state index in [-0.39, 0.29) is 5.91 Å². The number of benzene rings is 2. The molecule has 3 aromatic rings. The third-order valence-corrected chi connectivity index (χ3v) is 5.33. The van der Waals surface area contributed by atoms with Crippen molar-refractivity contribution in [1.82, 2.24) is 10.3 Å². The van der Waals surface area contributed by atoms with E-state index in [0.29, 0.717) is 6.04 Å². The Labute approximate surface area is 154 Å². The van der Waals surface area contributed by atoms with Gasteiger partial charge in [0.2, 0.25) is 0 Å². The molecule has 134 valence electrons. The second-order valence-electron chi connectivity index (χ2n) is 7.11. The summed E-state index contributed by atoms with van der Waals surface area (Å²) in [6.07, 6.45) is 3.29. The van der Waals surface area contributed by atoms with E-state index in [1.807, 2.05) is 37.3 Å². The topological polar surface area (TPSA) is 56.9 Å². The molecule has 1 amide bonds. The van der Waals surface area contributed by atoms with Crippen LogP contribution in [0.4, 0.5) is 5.69 Å². The zero-order valence-corrected chi connectivity index (χ0v) is 15.4. The number of aryl methyl sites for hydroxylation is 2. The first-order valence-corrected chi connectivity index (χ1v) is 9.39. The van der Waals surface area contributed by atoms with Crippen LogP contribution in [-0.2, 0) is 12.8 Å². The standard InChI is InChI=1S/C22H25N3O/c1-3-23-15-8-10-20-18(12-15)19-13-16(9-11-21(19)25-20)24-22(26)17-7-5-4-6-14(17)2/h4-7,9,11,13,15,23,25H,3,8,10,12H2,1-2H3,(H,24,26). The number of hydrogen-bond donors (Lipinski definition) is 3. The van der Waals surface area contributed by atoms with Crippen LogP contribution in [0.25, 0.3) is 10.9 Å². The minimum atomic E-state index is -0.0580. The van der Waals surface area contributed by atoms with Gasteiger partial charge in [0.1, 0.15) is 0 Å². The van der Waals surface area contributed by atoms with Crippen LogP contribution in [0.1, 0.15) is 40.5 Å². The van der Waals surface area contributed by atoms with Gasteiger partial charge in [-0.15, -0.1) is 0 Å². The summed E-state index contributed by atoms with van der Waals surface area (Å²) in [6, 6.07) is 14.4. The van der Waals surface area contributed by atoms with Crippen molar-refractivity contribution in [2.45, 2.75) is 39.2 Å². The molecular weight excluding hydrogens is 322 g/mol. The predicted octanol–water partition coefficient (Wildman–Crippen LogP) is 4.20. The number of hydrogen-bond acceptors (Lipinski definition) is 2. The van der Waals surface area contributed by atoms with Crippen LogP contribution < -0.4 is 10.6 Å². The zero-order chi connectivity index (χ0) is 18.1. The van der Waals surface area contributed by atoms with Gasteiger partial charge in [-0.05, 0) is 68.1 Å². The van der Waals surface area contributed by atoms with Gasteiger partial charge in [-0.25, -0.2) is 0 Å². The van der Waals surface area contributed by atoms with Crippen LogP contribution in [0.5, 0.6) is 0 Å². The summed E-state index contributed by atoms with van der Waals surface area (Å²) in [4.78, 5) is 16.2. The number of anilines is 1. The Morgan fingerprint density at radius 3 is 2.88 bits per heavy atom. The van der Waals surface area contributed by atoms with E-state index < -0.39 is 0 Å². The van der Waals surface area contributed by atoms with Gasteiger partial charge in [0.05, 0.1) is 0 Å². The second-order valence-corrected chi connectivity index (χ2v) is 7.11. The summed E-state index contributed by atoms with van der Waals surface area (Å²) in [5, 5.41) is 7.85. The first-order valence-electron chi connectivity index (χ1n) is 9.39. The predicted molar refractivity (Wildman–Crippen MR) is 107 cm³/mol. The number of rotatable bonds is 4. The van der Waals surface area contributed by atoms with Crippen molar-refractivity contribution in [3.63, 3.8) is 0 Å². The Morgan fingerprint density at radius 1 is 1.23 bits per heavy atom. The number of carbonyl (C=O) groups excluding carboxylic acids is 1. The van der Waals surface area contributed by atoms with Crippen molar-refractivity contribution in [2.24, 2.45) is 0 Å². The Balaban J connectivity index is 1.63. The van der Waals surface area contributed by atoms with Gasteiger partial charge in [0.15, 0.2) is 0 Å². The van der Waals surface area contributed by atoms with E-state index in [1.54, 1.807) is 0 Å². The number of likely N-dealkylation sites (N-methyl/N-ethyl adjacent to an activating group) is 1. The fraction of sp³-hybridized carbons (Fsp3) is 0.318. The quantitative estimate of drug-likeness (QED) is 0.663. The molecular formula is C22H25N3O. The summed E-state index contributed by atoms with van der Waals surface area (Å²) in [6.45, 7) is 5.12. The smallest absolute Gasteiger partial charge is 0.255 e. The lowest BCUT2D eigenvalue weighted by Gasteiger charge is -2.23. The van der Waals surface area contributed by atoms with E-state index >= 15 is 0 Å². The van der Waals surface area contributed by atoms with Gasteiger partial charge >= 0.3 is 0 Å². The van der Waals surface area contributed by atoms with Crippen LogP contribution in [-0.4, -0.2) is 23.5 Å². The normalized spacial score (nSPS) is 16.5. The number of nitrogens with one attached hydrogen (secondary N) is 3. The number of aromatic amines is 1. The number of carbonyl (C=O) groups is 1. The van der Waals surface area contributed by atoms with Crippen molar-refractivity contribution in [3.05, 3.63) is 64.8 Å². The lowest BCUT2D eigenvalue weighted by molar-refractivity contribution is 0.102. The van der Waals surface area contributed by atoms with Crippen molar-refractivity contribution in [2.75, 3.05) is 11.9 Å². The molecule has 1 atom stereocenters. The molecule has 1 unspecified atom stereocenters. The highest BCUT2D eigenvalue weighted by molar-refractivity contribution is 6.06. The molecule has 0 aliphatic heterocycles. The van der Waals surface area contributed by atoms with Crippen molar-refractivity contribution >= 4 is 22.5 Å². The van der Waals surface area contributed by atoms with Crippen LogP contribution in [0.2, 0.25) is 0 Å². The molecule has 4 rings (SSSR count). The maximum Gasteiger partial charge on any atom is 0.255 e. The van der Waals surface area contributed by atoms with Gasteiger partial charge < -0.3 is 15.6 Å². The van der Waals surface area contributed by atoms with Gasteiger partial charge in [0, 0.05) is 33.9 Å². The van der Waals surface area contributed by atoms with Gasteiger partial charge in [-0.1, -0.05) is 25.1 Å². The van der Waals surface area contributed by atoms with Gasteiger partial charge in [-0.3, -0.25) is 4.79 Å². The molecule has 1 aliphatic carbocycles. The molecule has 0 saturated carbocycles. The minimum Gasteiger partial charge on any atom is -0.358 e. The summed E-state index contributed by atoms with van der Waals surface area (Å²) in [5.41, 5.74) is 6.44. The summed E-state index contributed by atoms with van der Waals surface area (Å²) >= 11 is 0. The number of amides is 1. The highest BCUT2D eigenvalue weighted by atomic mass is 16.1. The molecule has 3 N–H and O–H groups in total. The minimum absolute atomic E-state index is 0.0580. The molecule has 4 heteroatoms. The van der Waals surface area contributed by atoms with E-state index in [4.69, 9.17) is 0 Å². The van der Waals surface area contributed by atoms with Crippen LogP contribution in [0, 0.1) is 6.92 Å². The largest absolute Gasteiger partial charge is 0.358 e. The number of aromatic nitrogens is 1. The fourth-order valence-corrected chi connectivity index (χ4v) is 3.98.